The molecule has 1 fully saturated rings. The van der Waals surface area contributed by atoms with Gasteiger partial charge in [0.1, 0.15) is 0 Å². The molecule has 0 spiro atoms. The fraction of sp³-hybridized carbons (Fsp3) is 0.632. The number of hydrogen-bond acceptors (Lipinski definition) is 2. The van der Waals surface area contributed by atoms with Crippen LogP contribution in [0.5, 0.6) is 0 Å². The number of anilines is 1. The van der Waals surface area contributed by atoms with Gasteiger partial charge in [0.15, 0.2) is 0 Å². The third kappa shape index (κ3) is 4.81. The van der Waals surface area contributed by atoms with E-state index in [4.69, 9.17) is 11.6 Å². The number of piperazine rings is 1. The van der Waals surface area contributed by atoms with Crippen molar-refractivity contribution in [3.8, 4) is 0 Å². The normalized spacial score (nSPS) is 17.2. The first-order valence-electron chi connectivity index (χ1n) is 10.0. The first-order chi connectivity index (χ1) is 17.3. The van der Waals surface area contributed by atoms with E-state index in [1.807, 2.05) is 0 Å². The molecule has 1 heterocycles. The van der Waals surface area contributed by atoms with Gasteiger partial charge >= 0.3 is 47.9 Å². The molecule has 0 atom stereocenters. The summed E-state index contributed by atoms with van der Waals surface area (Å²) in [6.45, 7) is -2.86. The monoisotopic (exact) mass is 624 g/mol. The maximum Gasteiger partial charge on any atom is 0.392 e. The molecule has 0 radical (unpaired) electrons. The standard InChI is InChI=1S/C19H13ClF16N2O/c20-9-2-1-3-10(8-9)37-4-6-38(7-5-37)12(39)14(25,26)16(29,30)18(33,34)19(35,36)17(31,32)15(27,28)13(23,24)11(21)22/h1-3,8,11H,4-7H2. The maximum atomic E-state index is 14.2. The van der Waals surface area contributed by atoms with Crippen LogP contribution < -0.4 is 4.90 Å². The number of carbonyl (C=O) groups is 1. The Balaban J connectivity index is 2.38. The van der Waals surface area contributed by atoms with Gasteiger partial charge in [0.05, 0.1) is 0 Å². The number of rotatable bonds is 9. The van der Waals surface area contributed by atoms with E-state index in [1.165, 1.54) is 29.2 Å². The number of nitrogens with zero attached hydrogens (tertiary/aromatic N) is 2. The molecule has 1 amide bonds. The van der Waals surface area contributed by atoms with Crippen molar-refractivity contribution >= 4 is 23.2 Å². The first-order valence-corrected chi connectivity index (χ1v) is 10.4. The lowest BCUT2D eigenvalue weighted by atomic mass is 9.89. The summed E-state index contributed by atoms with van der Waals surface area (Å²) in [5.41, 5.74) is 0.307. The second kappa shape index (κ2) is 9.94. The average Bonchev–Trinajstić information content (AvgIpc) is 2.82. The predicted molar refractivity (Wildman–Crippen MR) is 101 cm³/mol. The summed E-state index contributed by atoms with van der Waals surface area (Å²) in [7, 11) is 0. The van der Waals surface area contributed by atoms with Crippen LogP contribution in [0.2, 0.25) is 5.02 Å². The van der Waals surface area contributed by atoms with E-state index in [9.17, 15) is 75.0 Å². The Morgan fingerprint density at radius 2 is 1.13 bits per heavy atom. The Hall–Kier alpha value is -2.34. The van der Waals surface area contributed by atoms with E-state index in [1.54, 1.807) is 0 Å². The second-order valence-corrected chi connectivity index (χ2v) is 8.57. The minimum Gasteiger partial charge on any atom is -0.368 e. The van der Waals surface area contributed by atoms with Crippen LogP contribution in [0.15, 0.2) is 24.3 Å². The Morgan fingerprint density at radius 1 is 0.692 bits per heavy atom. The molecule has 2 rings (SSSR count). The van der Waals surface area contributed by atoms with Gasteiger partial charge in [-0.2, -0.15) is 61.5 Å². The molecule has 39 heavy (non-hydrogen) atoms. The van der Waals surface area contributed by atoms with E-state index >= 15 is 0 Å². The fourth-order valence-corrected chi connectivity index (χ4v) is 3.49. The lowest BCUT2D eigenvalue weighted by molar-refractivity contribution is -0.444. The molecule has 0 unspecified atom stereocenters. The van der Waals surface area contributed by atoms with Gasteiger partial charge in [0.2, 0.25) is 0 Å². The summed E-state index contributed by atoms with van der Waals surface area (Å²) in [6.07, 6.45) is -5.92. The van der Waals surface area contributed by atoms with E-state index in [0.717, 1.165) is 0 Å². The molecular weight excluding hydrogens is 612 g/mol. The fourth-order valence-electron chi connectivity index (χ4n) is 3.31. The van der Waals surface area contributed by atoms with Crippen LogP contribution in [0.4, 0.5) is 75.9 Å². The zero-order chi connectivity index (χ0) is 30.6. The molecule has 0 saturated carbocycles. The van der Waals surface area contributed by atoms with Gasteiger partial charge in [0, 0.05) is 36.9 Å². The average molecular weight is 625 g/mol. The molecule has 1 aromatic carbocycles. The smallest absolute Gasteiger partial charge is 0.368 e. The van der Waals surface area contributed by atoms with E-state index in [-0.39, 0.29) is 9.92 Å². The molecule has 0 aromatic heterocycles. The number of alkyl halides is 16. The van der Waals surface area contributed by atoms with E-state index in [0.29, 0.717) is 5.69 Å². The van der Waals surface area contributed by atoms with Crippen molar-refractivity contribution in [1.29, 1.82) is 0 Å². The third-order valence-corrected chi connectivity index (χ3v) is 5.91. The van der Waals surface area contributed by atoms with E-state index in [2.05, 4.69) is 0 Å². The SMILES string of the molecule is O=C(N1CCN(c2cccc(Cl)c2)CC1)C(F)(F)C(F)(F)C(F)(F)C(F)(F)C(F)(F)C(F)(F)C(F)(F)C(F)F. The van der Waals surface area contributed by atoms with Crippen molar-refractivity contribution in [2.45, 2.75) is 47.9 Å². The summed E-state index contributed by atoms with van der Waals surface area (Å²) in [5.74, 6) is -59.4. The van der Waals surface area contributed by atoms with Crippen molar-refractivity contribution in [3.63, 3.8) is 0 Å². The highest BCUT2D eigenvalue weighted by Gasteiger charge is 2.94. The topological polar surface area (TPSA) is 23.6 Å². The lowest BCUT2D eigenvalue weighted by Crippen LogP contribution is -2.75. The molecule has 1 aliphatic rings. The molecule has 224 valence electrons. The Morgan fingerprint density at radius 3 is 1.56 bits per heavy atom. The van der Waals surface area contributed by atoms with Crippen LogP contribution in [0.1, 0.15) is 0 Å². The summed E-state index contributed by atoms with van der Waals surface area (Å²) in [4.78, 5) is 13.0. The summed E-state index contributed by atoms with van der Waals surface area (Å²) in [6, 6.07) is 5.58. The maximum absolute atomic E-state index is 14.2. The van der Waals surface area contributed by atoms with Gasteiger partial charge in [-0.25, -0.2) is 8.78 Å². The highest BCUT2D eigenvalue weighted by atomic mass is 35.5. The van der Waals surface area contributed by atoms with Crippen LogP contribution >= 0.6 is 11.6 Å². The molecule has 0 N–H and O–H groups in total. The number of hydrogen-bond donors (Lipinski definition) is 0. The van der Waals surface area contributed by atoms with Crippen molar-refractivity contribution in [2.75, 3.05) is 31.1 Å². The van der Waals surface area contributed by atoms with Gasteiger partial charge in [0.25, 0.3) is 5.91 Å². The van der Waals surface area contributed by atoms with E-state index < -0.39 is 80.0 Å². The van der Waals surface area contributed by atoms with Crippen LogP contribution in [-0.4, -0.2) is 84.9 Å². The van der Waals surface area contributed by atoms with Gasteiger partial charge in [-0.1, -0.05) is 17.7 Å². The Kier molecular flexibility index (Phi) is 8.37. The first kappa shape index (κ1) is 32.9. The minimum absolute atomic E-state index is 0.175. The highest BCUT2D eigenvalue weighted by molar-refractivity contribution is 6.30. The van der Waals surface area contributed by atoms with Crippen molar-refractivity contribution in [2.24, 2.45) is 0 Å². The number of amides is 1. The number of carbonyl (C=O) groups excluding carboxylic acids is 1. The van der Waals surface area contributed by atoms with Gasteiger partial charge in [-0.3, -0.25) is 4.79 Å². The summed E-state index contributed by atoms with van der Waals surface area (Å²) < 4.78 is 216. The van der Waals surface area contributed by atoms with Gasteiger partial charge < -0.3 is 9.80 Å². The Labute approximate surface area is 212 Å². The van der Waals surface area contributed by atoms with Gasteiger partial charge in [-0.15, -0.1) is 0 Å². The highest BCUT2D eigenvalue weighted by Crippen LogP contribution is 2.62. The van der Waals surface area contributed by atoms with Crippen LogP contribution in [0.3, 0.4) is 0 Å². The van der Waals surface area contributed by atoms with Gasteiger partial charge in [-0.05, 0) is 18.2 Å². The second-order valence-electron chi connectivity index (χ2n) is 8.13. The number of benzene rings is 1. The molecule has 3 nitrogen and oxygen atoms in total. The molecular formula is C19H13ClF16N2O. The molecule has 20 heteroatoms. The van der Waals surface area contributed by atoms with Crippen molar-refractivity contribution in [1.82, 2.24) is 4.90 Å². The summed E-state index contributed by atoms with van der Waals surface area (Å²) >= 11 is 5.75. The van der Waals surface area contributed by atoms with Crippen LogP contribution in [0.25, 0.3) is 0 Å². The minimum atomic E-state index is -8.54. The lowest BCUT2D eigenvalue weighted by Gasteiger charge is -2.43. The zero-order valence-electron chi connectivity index (χ0n) is 18.4. The van der Waals surface area contributed by atoms with Crippen LogP contribution in [-0.2, 0) is 4.79 Å². The molecule has 1 aliphatic heterocycles. The van der Waals surface area contributed by atoms with Crippen molar-refractivity contribution < 1.29 is 75.0 Å². The molecule has 0 aliphatic carbocycles. The molecule has 0 bridgehead atoms. The molecule has 1 saturated heterocycles. The molecule has 1 aromatic rings. The zero-order valence-corrected chi connectivity index (χ0v) is 19.2. The summed E-state index contributed by atoms with van der Waals surface area (Å²) in [5, 5.41) is 0.175. The third-order valence-electron chi connectivity index (χ3n) is 5.67. The van der Waals surface area contributed by atoms with Crippen LogP contribution in [0, 0.1) is 0 Å². The quantitative estimate of drug-likeness (QED) is 0.286. The predicted octanol–water partition coefficient (Wildman–Crippen LogP) is 6.70. The van der Waals surface area contributed by atoms with Crippen molar-refractivity contribution in [3.05, 3.63) is 29.3 Å². The Bertz CT molecular complexity index is 1060. The largest absolute Gasteiger partial charge is 0.392 e. The number of halogens is 17.